The SMILES string of the molecule is CC(=O)NCCC(=O)NC(Cc1c[nH]c2ccccc12)C(=O)N1CCC(C)CC1. The first-order valence-corrected chi connectivity index (χ1v) is 10.3. The van der Waals surface area contributed by atoms with Gasteiger partial charge in [0.2, 0.25) is 17.7 Å². The second-order valence-electron chi connectivity index (χ2n) is 7.92. The molecule has 1 unspecified atom stereocenters. The van der Waals surface area contributed by atoms with Gasteiger partial charge in [0, 0.05) is 56.5 Å². The number of nitrogens with zero attached hydrogens (tertiary/aromatic N) is 1. The van der Waals surface area contributed by atoms with Crippen LogP contribution in [0.3, 0.4) is 0 Å². The first-order valence-electron chi connectivity index (χ1n) is 10.3. The van der Waals surface area contributed by atoms with Crippen molar-refractivity contribution in [1.82, 2.24) is 20.5 Å². The molecule has 1 aliphatic heterocycles. The molecule has 0 spiro atoms. The number of amides is 3. The molecule has 1 saturated heterocycles. The minimum absolute atomic E-state index is 0.0324. The van der Waals surface area contributed by atoms with Crippen molar-refractivity contribution in [3.05, 3.63) is 36.0 Å². The normalized spacial score (nSPS) is 15.9. The van der Waals surface area contributed by atoms with Crippen molar-refractivity contribution in [3.63, 3.8) is 0 Å². The third kappa shape index (κ3) is 5.59. The third-order valence-corrected chi connectivity index (χ3v) is 5.55. The summed E-state index contributed by atoms with van der Waals surface area (Å²) in [4.78, 5) is 41.8. The number of aromatic nitrogens is 1. The molecule has 7 heteroatoms. The number of para-hydroxylation sites is 1. The number of carbonyl (C=O) groups is 3. The number of hydrogen-bond donors (Lipinski definition) is 3. The summed E-state index contributed by atoms with van der Waals surface area (Å²) in [6, 6.07) is 7.32. The van der Waals surface area contributed by atoms with E-state index < -0.39 is 6.04 Å². The fraction of sp³-hybridized carbons (Fsp3) is 0.500. The lowest BCUT2D eigenvalue weighted by Crippen LogP contribution is -2.51. The van der Waals surface area contributed by atoms with Gasteiger partial charge in [-0.15, -0.1) is 0 Å². The van der Waals surface area contributed by atoms with Gasteiger partial charge in [0.05, 0.1) is 0 Å². The molecule has 3 amide bonds. The van der Waals surface area contributed by atoms with E-state index in [0.29, 0.717) is 12.3 Å². The average Bonchev–Trinajstić information content (AvgIpc) is 3.10. The average molecular weight is 399 g/mol. The molecule has 156 valence electrons. The summed E-state index contributed by atoms with van der Waals surface area (Å²) in [6.07, 6.45) is 4.46. The Morgan fingerprint density at radius 2 is 1.93 bits per heavy atom. The van der Waals surface area contributed by atoms with Crippen LogP contribution in [0.4, 0.5) is 0 Å². The predicted molar refractivity (Wildman–Crippen MR) is 112 cm³/mol. The number of piperidine rings is 1. The molecular formula is C22H30N4O3. The maximum absolute atomic E-state index is 13.2. The highest BCUT2D eigenvalue weighted by Gasteiger charge is 2.29. The highest BCUT2D eigenvalue weighted by molar-refractivity contribution is 5.90. The molecule has 3 rings (SSSR count). The number of aromatic amines is 1. The van der Waals surface area contributed by atoms with E-state index in [1.165, 1.54) is 6.92 Å². The van der Waals surface area contributed by atoms with E-state index in [1.807, 2.05) is 35.4 Å². The van der Waals surface area contributed by atoms with Crippen molar-refractivity contribution in [1.29, 1.82) is 0 Å². The number of fused-ring (bicyclic) bond motifs is 1. The van der Waals surface area contributed by atoms with Crippen LogP contribution < -0.4 is 10.6 Å². The molecule has 1 aromatic carbocycles. The Kier molecular flexibility index (Phi) is 6.90. The van der Waals surface area contributed by atoms with Crippen molar-refractivity contribution in [2.75, 3.05) is 19.6 Å². The standard InChI is InChI=1S/C22H30N4O3/c1-15-8-11-26(12-9-15)22(29)20(25-21(28)7-10-23-16(2)27)13-17-14-24-19-6-4-3-5-18(17)19/h3-6,14-15,20,24H,7-13H2,1-2H3,(H,23,27)(H,25,28). The molecule has 7 nitrogen and oxygen atoms in total. The van der Waals surface area contributed by atoms with E-state index >= 15 is 0 Å². The highest BCUT2D eigenvalue weighted by Crippen LogP contribution is 2.21. The molecule has 0 radical (unpaired) electrons. The first-order chi connectivity index (χ1) is 13.9. The molecule has 0 aliphatic carbocycles. The Balaban J connectivity index is 1.72. The van der Waals surface area contributed by atoms with Gasteiger partial charge in [-0.25, -0.2) is 0 Å². The highest BCUT2D eigenvalue weighted by atomic mass is 16.2. The Bertz CT molecular complexity index is 868. The largest absolute Gasteiger partial charge is 0.361 e. The molecular weight excluding hydrogens is 368 g/mol. The van der Waals surface area contributed by atoms with E-state index in [0.717, 1.165) is 42.4 Å². The van der Waals surface area contributed by atoms with Gasteiger partial charge in [-0.2, -0.15) is 0 Å². The van der Waals surface area contributed by atoms with Gasteiger partial charge in [-0.3, -0.25) is 14.4 Å². The van der Waals surface area contributed by atoms with Crippen LogP contribution in [0.15, 0.2) is 30.5 Å². The number of hydrogen-bond acceptors (Lipinski definition) is 3. The van der Waals surface area contributed by atoms with Crippen LogP contribution in [-0.2, 0) is 20.8 Å². The van der Waals surface area contributed by atoms with Crippen molar-refractivity contribution in [2.45, 2.75) is 45.6 Å². The van der Waals surface area contributed by atoms with Crippen LogP contribution in [0.2, 0.25) is 0 Å². The lowest BCUT2D eigenvalue weighted by atomic mass is 9.97. The van der Waals surface area contributed by atoms with E-state index in [9.17, 15) is 14.4 Å². The third-order valence-electron chi connectivity index (χ3n) is 5.55. The van der Waals surface area contributed by atoms with Crippen LogP contribution in [0.5, 0.6) is 0 Å². The minimum atomic E-state index is -0.618. The van der Waals surface area contributed by atoms with E-state index in [2.05, 4.69) is 22.5 Å². The quantitative estimate of drug-likeness (QED) is 0.666. The number of benzene rings is 1. The Labute approximate surface area is 171 Å². The molecule has 3 N–H and O–H groups in total. The fourth-order valence-corrected chi connectivity index (χ4v) is 3.79. The van der Waals surface area contributed by atoms with E-state index in [4.69, 9.17) is 0 Å². The molecule has 1 atom stereocenters. The van der Waals surface area contributed by atoms with Crippen LogP contribution in [0, 0.1) is 5.92 Å². The molecule has 0 bridgehead atoms. The molecule has 0 saturated carbocycles. The van der Waals surface area contributed by atoms with Gasteiger partial charge in [-0.1, -0.05) is 25.1 Å². The first kappa shape index (κ1) is 20.9. The van der Waals surface area contributed by atoms with E-state index in [1.54, 1.807) is 0 Å². The van der Waals surface area contributed by atoms with Crippen LogP contribution in [-0.4, -0.2) is 53.3 Å². The molecule has 1 aliphatic rings. The topological polar surface area (TPSA) is 94.3 Å². The zero-order valence-corrected chi connectivity index (χ0v) is 17.2. The summed E-state index contributed by atoms with van der Waals surface area (Å²) in [7, 11) is 0. The molecule has 1 fully saturated rings. The summed E-state index contributed by atoms with van der Waals surface area (Å²) in [5.41, 5.74) is 2.02. The van der Waals surface area contributed by atoms with Crippen molar-refractivity contribution in [3.8, 4) is 0 Å². The Morgan fingerprint density at radius 3 is 2.66 bits per heavy atom. The summed E-state index contributed by atoms with van der Waals surface area (Å²) >= 11 is 0. The zero-order chi connectivity index (χ0) is 20.8. The van der Waals surface area contributed by atoms with Gasteiger partial charge < -0.3 is 20.5 Å². The lowest BCUT2D eigenvalue weighted by molar-refractivity contribution is -0.137. The minimum Gasteiger partial charge on any atom is -0.361 e. The summed E-state index contributed by atoms with van der Waals surface area (Å²) in [5.74, 6) is 0.183. The van der Waals surface area contributed by atoms with Crippen molar-refractivity contribution >= 4 is 28.6 Å². The molecule has 2 heterocycles. The van der Waals surface area contributed by atoms with Gasteiger partial charge in [0.1, 0.15) is 6.04 Å². The molecule has 2 aromatic rings. The van der Waals surface area contributed by atoms with E-state index in [-0.39, 0.29) is 30.7 Å². The second-order valence-corrected chi connectivity index (χ2v) is 7.92. The zero-order valence-electron chi connectivity index (χ0n) is 17.2. The van der Waals surface area contributed by atoms with Crippen LogP contribution >= 0.6 is 0 Å². The number of nitrogens with one attached hydrogen (secondary N) is 3. The van der Waals surface area contributed by atoms with Crippen LogP contribution in [0.1, 0.15) is 38.7 Å². The van der Waals surface area contributed by atoms with Gasteiger partial charge in [0.15, 0.2) is 0 Å². The van der Waals surface area contributed by atoms with Gasteiger partial charge >= 0.3 is 0 Å². The Morgan fingerprint density at radius 1 is 1.21 bits per heavy atom. The molecule has 29 heavy (non-hydrogen) atoms. The number of likely N-dealkylation sites (tertiary alicyclic amines) is 1. The maximum Gasteiger partial charge on any atom is 0.245 e. The maximum atomic E-state index is 13.2. The van der Waals surface area contributed by atoms with Crippen molar-refractivity contribution in [2.24, 2.45) is 5.92 Å². The summed E-state index contributed by atoms with van der Waals surface area (Å²) < 4.78 is 0. The number of rotatable bonds is 7. The molecule has 1 aromatic heterocycles. The van der Waals surface area contributed by atoms with Gasteiger partial charge in [0.25, 0.3) is 0 Å². The van der Waals surface area contributed by atoms with Crippen LogP contribution in [0.25, 0.3) is 10.9 Å². The second kappa shape index (κ2) is 9.58. The lowest BCUT2D eigenvalue weighted by Gasteiger charge is -2.33. The number of carbonyl (C=O) groups excluding carboxylic acids is 3. The van der Waals surface area contributed by atoms with Gasteiger partial charge in [-0.05, 0) is 30.4 Å². The Hall–Kier alpha value is -2.83. The number of H-pyrrole nitrogens is 1. The van der Waals surface area contributed by atoms with Crippen molar-refractivity contribution < 1.29 is 14.4 Å². The fourth-order valence-electron chi connectivity index (χ4n) is 3.79. The smallest absolute Gasteiger partial charge is 0.245 e. The summed E-state index contributed by atoms with van der Waals surface area (Å²) in [5, 5.41) is 6.58. The monoisotopic (exact) mass is 398 g/mol. The predicted octanol–water partition coefficient (Wildman–Crippen LogP) is 1.98. The summed E-state index contributed by atoms with van der Waals surface area (Å²) in [6.45, 7) is 5.34.